The zero-order valence-electron chi connectivity index (χ0n) is 12.7. The van der Waals surface area contributed by atoms with Crippen molar-refractivity contribution in [1.82, 2.24) is 10.6 Å². The van der Waals surface area contributed by atoms with Gasteiger partial charge in [0.2, 0.25) is 0 Å². The Morgan fingerprint density at radius 3 is 2.33 bits per heavy atom. The molecule has 2 rings (SSSR count). The second kappa shape index (κ2) is 8.10. The largest absolute Gasteiger partial charge is 0.419 e. The van der Waals surface area contributed by atoms with E-state index in [0.29, 0.717) is 6.54 Å². The Morgan fingerprint density at radius 2 is 1.67 bits per heavy atom. The van der Waals surface area contributed by atoms with Crippen molar-refractivity contribution in [3.8, 4) is 0 Å². The van der Waals surface area contributed by atoms with Crippen LogP contribution in [0.3, 0.4) is 0 Å². The van der Waals surface area contributed by atoms with E-state index in [2.05, 4.69) is 10.6 Å². The molecule has 0 atom stereocenters. The first-order valence-corrected chi connectivity index (χ1v) is 7.69. The summed E-state index contributed by atoms with van der Waals surface area (Å²) in [5, 5.41) is 5.93. The summed E-state index contributed by atoms with van der Waals surface area (Å²) >= 11 is 5.05. The molecule has 0 aliphatic carbocycles. The van der Waals surface area contributed by atoms with Gasteiger partial charge in [-0.25, -0.2) is 4.39 Å². The second-order valence-corrected chi connectivity index (χ2v) is 5.53. The third kappa shape index (κ3) is 5.19. The summed E-state index contributed by atoms with van der Waals surface area (Å²) in [7, 11) is 0. The minimum absolute atomic E-state index is 0.0861. The van der Waals surface area contributed by atoms with E-state index in [1.165, 1.54) is 12.1 Å². The number of benzene rings is 2. The lowest BCUT2D eigenvalue weighted by Crippen LogP contribution is -2.36. The van der Waals surface area contributed by atoms with Crippen LogP contribution in [0.25, 0.3) is 0 Å². The number of alkyl halides is 3. The average molecular weight is 356 g/mol. The SMILES string of the molecule is Fc1c(CNC(=S)NCCc2ccccc2)cccc1C(F)(F)F. The summed E-state index contributed by atoms with van der Waals surface area (Å²) in [5.74, 6) is -1.27. The Labute approximate surface area is 142 Å². The molecule has 24 heavy (non-hydrogen) atoms. The molecule has 7 heteroatoms. The Balaban J connectivity index is 1.84. The van der Waals surface area contributed by atoms with Gasteiger partial charge >= 0.3 is 6.18 Å². The highest BCUT2D eigenvalue weighted by Crippen LogP contribution is 2.32. The summed E-state index contributed by atoms with van der Waals surface area (Å²) in [5.41, 5.74) is -0.224. The predicted octanol–water partition coefficient (Wildman–Crippen LogP) is 4.05. The van der Waals surface area contributed by atoms with Gasteiger partial charge in [0.25, 0.3) is 0 Å². The van der Waals surface area contributed by atoms with E-state index in [-0.39, 0.29) is 17.2 Å². The molecule has 128 valence electrons. The second-order valence-electron chi connectivity index (χ2n) is 5.12. The van der Waals surface area contributed by atoms with Gasteiger partial charge in [0.1, 0.15) is 5.82 Å². The number of halogens is 4. The molecular weight excluding hydrogens is 340 g/mol. The van der Waals surface area contributed by atoms with Crippen molar-refractivity contribution in [3.63, 3.8) is 0 Å². The summed E-state index contributed by atoms with van der Waals surface area (Å²) in [6, 6.07) is 12.9. The molecule has 0 bridgehead atoms. The Hall–Kier alpha value is -2.15. The fraction of sp³-hybridized carbons (Fsp3) is 0.235. The minimum Gasteiger partial charge on any atom is -0.362 e. The van der Waals surface area contributed by atoms with Gasteiger partial charge in [-0.05, 0) is 30.3 Å². The van der Waals surface area contributed by atoms with Crippen LogP contribution in [0.4, 0.5) is 17.6 Å². The van der Waals surface area contributed by atoms with Crippen LogP contribution in [-0.2, 0) is 19.1 Å². The maximum Gasteiger partial charge on any atom is 0.419 e. The van der Waals surface area contributed by atoms with Crippen LogP contribution < -0.4 is 10.6 Å². The molecule has 0 amide bonds. The van der Waals surface area contributed by atoms with E-state index in [9.17, 15) is 17.6 Å². The van der Waals surface area contributed by atoms with Gasteiger partial charge in [-0.15, -0.1) is 0 Å². The highest BCUT2D eigenvalue weighted by molar-refractivity contribution is 7.80. The average Bonchev–Trinajstić information content (AvgIpc) is 2.54. The number of nitrogens with one attached hydrogen (secondary N) is 2. The van der Waals surface area contributed by atoms with E-state index >= 15 is 0 Å². The monoisotopic (exact) mass is 356 g/mol. The summed E-state index contributed by atoms with van der Waals surface area (Å²) in [6.45, 7) is 0.452. The summed E-state index contributed by atoms with van der Waals surface area (Å²) in [6.07, 6.45) is -3.96. The lowest BCUT2D eigenvalue weighted by atomic mass is 10.1. The van der Waals surface area contributed by atoms with Gasteiger partial charge in [-0.2, -0.15) is 13.2 Å². The zero-order chi connectivity index (χ0) is 17.6. The van der Waals surface area contributed by atoms with Gasteiger partial charge in [-0.1, -0.05) is 42.5 Å². The third-order valence-corrected chi connectivity index (χ3v) is 3.65. The van der Waals surface area contributed by atoms with Crippen LogP contribution in [0.5, 0.6) is 0 Å². The molecule has 0 unspecified atom stereocenters. The first kappa shape index (κ1) is 18.2. The molecular formula is C17H16F4N2S. The molecule has 0 saturated heterocycles. The fourth-order valence-corrected chi connectivity index (χ4v) is 2.31. The molecule has 0 radical (unpaired) electrons. The van der Waals surface area contributed by atoms with Crippen LogP contribution in [0.15, 0.2) is 48.5 Å². The molecule has 0 aromatic heterocycles. The molecule has 0 saturated carbocycles. The van der Waals surface area contributed by atoms with Crippen LogP contribution in [0, 0.1) is 5.82 Å². The maximum absolute atomic E-state index is 13.9. The predicted molar refractivity (Wildman–Crippen MR) is 89.0 cm³/mol. The van der Waals surface area contributed by atoms with Gasteiger partial charge in [0, 0.05) is 18.7 Å². The van der Waals surface area contributed by atoms with Gasteiger partial charge in [-0.3, -0.25) is 0 Å². The Kier molecular flexibility index (Phi) is 6.14. The summed E-state index contributed by atoms with van der Waals surface area (Å²) < 4.78 is 51.8. The van der Waals surface area contributed by atoms with E-state index in [1.807, 2.05) is 30.3 Å². The Bertz CT molecular complexity index is 687. The topological polar surface area (TPSA) is 24.1 Å². The first-order chi connectivity index (χ1) is 11.4. The highest BCUT2D eigenvalue weighted by Gasteiger charge is 2.34. The summed E-state index contributed by atoms with van der Waals surface area (Å²) in [4.78, 5) is 0. The van der Waals surface area contributed by atoms with Crippen molar-refractivity contribution in [3.05, 3.63) is 71.0 Å². The molecule has 0 aliphatic heterocycles. The van der Waals surface area contributed by atoms with Crippen molar-refractivity contribution >= 4 is 17.3 Å². The lowest BCUT2D eigenvalue weighted by Gasteiger charge is -2.13. The number of hydrogen-bond donors (Lipinski definition) is 2. The van der Waals surface area contributed by atoms with E-state index in [4.69, 9.17) is 12.2 Å². The van der Waals surface area contributed by atoms with Crippen LogP contribution in [0.1, 0.15) is 16.7 Å². The lowest BCUT2D eigenvalue weighted by molar-refractivity contribution is -0.140. The van der Waals surface area contributed by atoms with E-state index in [1.54, 1.807) is 0 Å². The van der Waals surface area contributed by atoms with Gasteiger partial charge in [0.15, 0.2) is 5.11 Å². The highest BCUT2D eigenvalue weighted by atomic mass is 32.1. The fourth-order valence-electron chi connectivity index (χ4n) is 2.14. The van der Waals surface area contributed by atoms with Crippen molar-refractivity contribution in [2.75, 3.05) is 6.54 Å². The van der Waals surface area contributed by atoms with Crippen LogP contribution >= 0.6 is 12.2 Å². The van der Waals surface area contributed by atoms with Gasteiger partial charge in [0.05, 0.1) is 5.56 Å². The quantitative estimate of drug-likeness (QED) is 0.624. The normalized spacial score (nSPS) is 11.2. The molecule has 2 aromatic carbocycles. The molecule has 0 heterocycles. The van der Waals surface area contributed by atoms with Crippen molar-refractivity contribution in [2.24, 2.45) is 0 Å². The maximum atomic E-state index is 13.9. The van der Waals surface area contributed by atoms with E-state index < -0.39 is 17.6 Å². The zero-order valence-corrected chi connectivity index (χ0v) is 13.5. The smallest absolute Gasteiger partial charge is 0.362 e. The van der Waals surface area contributed by atoms with Crippen molar-refractivity contribution in [1.29, 1.82) is 0 Å². The minimum atomic E-state index is -4.71. The molecule has 2 aromatic rings. The molecule has 0 fully saturated rings. The standard InChI is InChI=1S/C17H16F4N2S/c18-15-13(7-4-8-14(15)17(19,20)21)11-23-16(24)22-10-9-12-5-2-1-3-6-12/h1-8H,9-11H2,(H2,22,23,24). The molecule has 0 aliphatic rings. The first-order valence-electron chi connectivity index (χ1n) is 7.28. The van der Waals surface area contributed by atoms with Gasteiger partial charge < -0.3 is 10.6 Å². The van der Waals surface area contributed by atoms with Crippen LogP contribution in [0.2, 0.25) is 0 Å². The number of rotatable bonds is 5. The molecule has 2 N–H and O–H groups in total. The number of hydrogen-bond acceptors (Lipinski definition) is 1. The van der Waals surface area contributed by atoms with E-state index in [0.717, 1.165) is 18.1 Å². The van der Waals surface area contributed by atoms with Crippen molar-refractivity contribution in [2.45, 2.75) is 19.1 Å². The third-order valence-electron chi connectivity index (χ3n) is 3.37. The number of thiocarbonyl (C=S) groups is 1. The van der Waals surface area contributed by atoms with Crippen molar-refractivity contribution < 1.29 is 17.6 Å². The molecule has 2 nitrogen and oxygen atoms in total. The molecule has 0 spiro atoms. The Morgan fingerprint density at radius 1 is 0.958 bits per heavy atom. The van der Waals surface area contributed by atoms with Crippen LogP contribution in [-0.4, -0.2) is 11.7 Å².